The number of rotatable bonds is 3. The summed E-state index contributed by atoms with van der Waals surface area (Å²) in [6.45, 7) is 3.62. The van der Waals surface area contributed by atoms with Crippen molar-refractivity contribution in [3.05, 3.63) is 57.5 Å². The smallest absolute Gasteiger partial charge is 0.282 e. The number of fused-ring (bicyclic) bond motifs is 1. The zero-order valence-corrected chi connectivity index (χ0v) is 18.7. The zero-order chi connectivity index (χ0) is 20.7. The average molecular weight is 485 g/mol. The highest BCUT2D eigenvalue weighted by Crippen LogP contribution is 2.29. The Kier molecular flexibility index (Phi) is 5.30. The molecule has 2 fully saturated rings. The molecule has 2 saturated heterocycles. The number of carbonyl (C=O) groups is 2. The lowest BCUT2D eigenvalue weighted by molar-refractivity contribution is -0.117. The summed E-state index contributed by atoms with van der Waals surface area (Å²) in [6, 6.07) is 12.5. The number of thiazole rings is 1. The van der Waals surface area contributed by atoms with E-state index >= 15 is 0 Å². The fourth-order valence-electron chi connectivity index (χ4n) is 4.31. The predicted octanol–water partition coefficient (Wildman–Crippen LogP) is 3.62. The lowest BCUT2D eigenvalue weighted by Crippen LogP contribution is -2.52. The molecule has 1 unspecified atom stereocenters. The number of hydrogen-bond donors (Lipinski definition) is 0. The first-order valence-corrected chi connectivity index (χ1v) is 11.7. The quantitative estimate of drug-likeness (QED) is 0.569. The van der Waals surface area contributed by atoms with E-state index in [2.05, 4.69) is 50.1 Å². The molecule has 1 aromatic heterocycles. The van der Waals surface area contributed by atoms with E-state index in [0.29, 0.717) is 31.1 Å². The molecule has 0 bridgehead atoms. The number of carbonyl (C=O) groups excluding carboxylic acids is 2. The van der Waals surface area contributed by atoms with Gasteiger partial charge in [-0.2, -0.15) is 0 Å². The number of benzene rings is 2. The first kappa shape index (κ1) is 19.7. The highest BCUT2D eigenvalue weighted by Gasteiger charge is 2.36. The molecule has 0 aliphatic carbocycles. The minimum atomic E-state index is 0.0107. The van der Waals surface area contributed by atoms with E-state index < -0.39 is 0 Å². The van der Waals surface area contributed by atoms with Crippen molar-refractivity contribution in [2.24, 2.45) is 0 Å². The molecular formula is C22H21BrN4O2S. The van der Waals surface area contributed by atoms with Gasteiger partial charge in [0.2, 0.25) is 5.91 Å². The molecule has 154 valence electrons. The van der Waals surface area contributed by atoms with Gasteiger partial charge in [0.25, 0.3) is 5.91 Å². The van der Waals surface area contributed by atoms with Crippen LogP contribution in [-0.4, -0.2) is 65.4 Å². The molecule has 2 aromatic carbocycles. The fourth-order valence-corrected chi connectivity index (χ4v) is 5.29. The molecule has 30 heavy (non-hydrogen) atoms. The third-order valence-electron chi connectivity index (χ3n) is 5.94. The lowest BCUT2D eigenvalue weighted by atomic mass is 10.1. The highest BCUT2D eigenvalue weighted by molar-refractivity contribution is 9.10. The van der Waals surface area contributed by atoms with Crippen molar-refractivity contribution >= 4 is 55.5 Å². The van der Waals surface area contributed by atoms with Crippen LogP contribution in [0.1, 0.15) is 16.2 Å². The van der Waals surface area contributed by atoms with E-state index in [4.69, 9.17) is 0 Å². The van der Waals surface area contributed by atoms with Crippen LogP contribution in [0.15, 0.2) is 52.4 Å². The Bertz CT molecular complexity index is 1100. The maximum Gasteiger partial charge on any atom is 0.282 e. The van der Waals surface area contributed by atoms with E-state index in [9.17, 15) is 9.59 Å². The van der Waals surface area contributed by atoms with Crippen LogP contribution < -0.4 is 4.90 Å². The highest BCUT2D eigenvalue weighted by atomic mass is 79.9. The molecule has 6 nitrogen and oxygen atoms in total. The van der Waals surface area contributed by atoms with Crippen LogP contribution in [0, 0.1) is 0 Å². The molecule has 8 heteroatoms. The standard InChI is InChI=1S/C22H21BrN4O2S/c23-17-3-1-16-12-18(4-2-15(16)11-17)27-14-19(13-20(27)28)25-6-8-26(9-7-25)22(29)21-24-5-10-30-21/h1-5,10-12,19H,6-9,13-14H2. The van der Waals surface area contributed by atoms with Gasteiger partial charge < -0.3 is 9.80 Å². The molecule has 0 radical (unpaired) electrons. The first-order valence-electron chi connectivity index (χ1n) is 10.0. The van der Waals surface area contributed by atoms with Crippen molar-refractivity contribution in [2.45, 2.75) is 12.5 Å². The molecule has 3 aromatic rings. The van der Waals surface area contributed by atoms with Crippen molar-refractivity contribution in [3.63, 3.8) is 0 Å². The SMILES string of the molecule is O=C(c1nccs1)N1CCN(C2CC(=O)N(c3ccc4cc(Br)ccc4c3)C2)CC1. The molecule has 3 heterocycles. The van der Waals surface area contributed by atoms with E-state index in [1.165, 1.54) is 11.3 Å². The van der Waals surface area contributed by atoms with Gasteiger partial charge in [0.1, 0.15) is 0 Å². The summed E-state index contributed by atoms with van der Waals surface area (Å²) in [5.74, 6) is 0.175. The Labute approximate surface area is 187 Å². The van der Waals surface area contributed by atoms with Gasteiger partial charge in [0, 0.05) is 66.9 Å². The second kappa shape index (κ2) is 8.09. The summed E-state index contributed by atoms with van der Waals surface area (Å²) in [5, 5.41) is 4.65. The van der Waals surface area contributed by atoms with Crippen molar-refractivity contribution < 1.29 is 9.59 Å². The maximum absolute atomic E-state index is 12.8. The van der Waals surface area contributed by atoms with Crippen molar-refractivity contribution in [1.82, 2.24) is 14.8 Å². The number of hydrogen-bond acceptors (Lipinski definition) is 5. The monoisotopic (exact) mass is 484 g/mol. The summed E-state index contributed by atoms with van der Waals surface area (Å²) in [7, 11) is 0. The number of nitrogens with zero attached hydrogens (tertiary/aromatic N) is 4. The summed E-state index contributed by atoms with van der Waals surface area (Å²) in [4.78, 5) is 35.5. The molecular weight excluding hydrogens is 464 g/mol. The van der Waals surface area contributed by atoms with Crippen LogP contribution >= 0.6 is 27.3 Å². The van der Waals surface area contributed by atoms with E-state index in [1.807, 2.05) is 27.3 Å². The lowest BCUT2D eigenvalue weighted by Gasteiger charge is -2.37. The van der Waals surface area contributed by atoms with Crippen LogP contribution in [0.2, 0.25) is 0 Å². The minimum absolute atomic E-state index is 0.0107. The molecule has 2 amide bonds. The largest absolute Gasteiger partial charge is 0.334 e. The van der Waals surface area contributed by atoms with Crippen LogP contribution in [-0.2, 0) is 4.79 Å². The molecule has 0 N–H and O–H groups in total. The second-order valence-electron chi connectivity index (χ2n) is 7.70. The second-order valence-corrected chi connectivity index (χ2v) is 9.51. The van der Waals surface area contributed by atoms with Crippen molar-refractivity contribution in [1.29, 1.82) is 0 Å². The van der Waals surface area contributed by atoms with Gasteiger partial charge in [0.05, 0.1) is 0 Å². The number of aromatic nitrogens is 1. The maximum atomic E-state index is 12.8. The van der Waals surface area contributed by atoms with Crippen LogP contribution in [0.5, 0.6) is 0 Å². The average Bonchev–Trinajstić information content (AvgIpc) is 3.43. The summed E-state index contributed by atoms with van der Waals surface area (Å²) in [6.07, 6.45) is 2.19. The van der Waals surface area contributed by atoms with Crippen LogP contribution in [0.25, 0.3) is 10.8 Å². The van der Waals surface area contributed by atoms with E-state index in [1.54, 1.807) is 6.20 Å². The number of piperazine rings is 1. The van der Waals surface area contributed by atoms with Crippen molar-refractivity contribution in [2.75, 3.05) is 37.6 Å². The van der Waals surface area contributed by atoms with Gasteiger partial charge in [0.15, 0.2) is 5.01 Å². The normalized spacial score (nSPS) is 20.3. The molecule has 5 rings (SSSR count). The Morgan fingerprint density at radius 3 is 2.60 bits per heavy atom. The predicted molar refractivity (Wildman–Crippen MR) is 122 cm³/mol. The third-order valence-corrected chi connectivity index (χ3v) is 7.19. The number of amides is 2. The van der Waals surface area contributed by atoms with Gasteiger partial charge in [-0.25, -0.2) is 4.98 Å². The summed E-state index contributed by atoms with van der Waals surface area (Å²) in [5.41, 5.74) is 0.954. The Morgan fingerprint density at radius 2 is 1.83 bits per heavy atom. The number of halogens is 1. The molecule has 1 atom stereocenters. The first-order chi connectivity index (χ1) is 14.6. The molecule has 2 aliphatic heterocycles. The van der Waals surface area contributed by atoms with Gasteiger partial charge in [-0.05, 0) is 35.0 Å². The fraction of sp³-hybridized carbons (Fsp3) is 0.318. The van der Waals surface area contributed by atoms with E-state index in [0.717, 1.165) is 34.0 Å². The van der Waals surface area contributed by atoms with Gasteiger partial charge in [-0.1, -0.05) is 28.1 Å². The summed E-state index contributed by atoms with van der Waals surface area (Å²) >= 11 is 4.89. The minimum Gasteiger partial charge on any atom is -0.334 e. The summed E-state index contributed by atoms with van der Waals surface area (Å²) < 4.78 is 1.05. The van der Waals surface area contributed by atoms with Crippen LogP contribution in [0.3, 0.4) is 0 Å². The Morgan fingerprint density at radius 1 is 1.07 bits per heavy atom. The third kappa shape index (κ3) is 3.75. The Hall–Kier alpha value is -2.29. The van der Waals surface area contributed by atoms with Gasteiger partial charge in [-0.15, -0.1) is 11.3 Å². The Balaban J connectivity index is 1.24. The van der Waals surface area contributed by atoms with Gasteiger partial charge in [-0.3, -0.25) is 14.5 Å². The topological polar surface area (TPSA) is 56.8 Å². The van der Waals surface area contributed by atoms with Crippen LogP contribution in [0.4, 0.5) is 5.69 Å². The van der Waals surface area contributed by atoms with E-state index in [-0.39, 0.29) is 17.9 Å². The molecule has 0 saturated carbocycles. The number of anilines is 1. The van der Waals surface area contributed by atoms with Crippen molar-refractivity contribution in [3.8, 4) is 0 Å². The molecule has 2 aliphatic rings. The van der Waals surface area contributed by atoms with Gasteiger partial charge >= 0.3 is 0 Å². The molecule has 0 spiro atoms. The zero-order valence-electron chi connectivity index (χ0n) is 16.3.